The molecule has 0 aliphatic heterocycles. The van der Waals surface area contributed by atoms with E-state index in [0.717, 1.165) is 43.0 Å². The zero-order valence-corrected chi connectivity index (χ0v) is 22.3. The normalized spacial score (nSPS) is 15.3. The molecule has 7 nitrogen and oxygen atoms in total. The van der Waals surface area contributed by atoms with E-state index in [1.54, 1.807) is 24.3 Å². The summed E-state index contributed by atoms with van der Waals surface area (Å²) in [5.74, 6) is 1.41. The van der Waals surface area contributed by atoms with Crippen molar-refractivity contribution >= 4 is 45.6 Å². The van der Waals surface area contributed by atoms with Crippen LogP contribution in [0.5, 0.6) is 5.75 Å². The van der Waals surface area contributed by atoms with Crippen LogP contribution in [0.4, 0.5) is 5.00 Å². The molecule has 0 spiro atoms. The highest BCUT2D eigenvalue weighted by Crippen LogP contribution is 2.45. The number of benzene rings is 1. The van der Waals surface area contributed by atoms with Gasteiger partial charge in [0.05, 0.1) is 11.3 Å². The van der Waals surface area contributed by atoms with Gasteiger partial charge < -0.3 is 14.5 Å². The Balaban J connectivity index is 1.32. The van der Waals surface area contributed by atoms with Crippen LogP contribution in [-0.4, -0.2) is 21.9 Å². The van der Waals surface area contributed by atoms with E-state index in [1.807, 2.05) is 0 Å². The first-order chi connectivity index (χ1) is 16.8. The third kappa shape index (κ3) is 6.18. The van der Waals surface area contributed by atoms with Crippen molar-refractivity contribution in [1.82, 2.24) is 10.2 Å². The largest absolute Gasteiger partial charge is 0.484 e. The number of nitrogens with one attached hydrogen (secondary N) is 1. The van der Waals surface area contributed by atoms with Crippen molar-refractivity contribution in [3.63, 3.8) is 0 Å². The lowest BCUT2D eigenvalue weighted by Crippen LogP contribution is -2.28. The van der Waals surface area contributed by atoms with Gasteiger partial charge in [0.15, 0.2) is 6.61 Å². The van der Waals surface area contributed by atoms with Gasteiger partial charge in [-0.05, 0) is 60.4 Å². The van der Waals surface area contributed by atoms with Crippen LogP contribution in [0.3, 0.4) is 0 Å². The fraction of sp³-hybridized carbons (Fsp3) is 0.440. The van der Waals surface area contributed by atoms with Crippen molar-refractivity contribution in [3.05, 3.63) is 51.2 Å². The van der Waals surface area contributed by atoms with Crippen molar-refractivity contribution in [3.8, 4) is 11.8 Å². The van der Waals surface area contributed by atoms with Crippen LogP contribution in [0.15, 0.2) is 33.9 Å². The number of nitrogens with zero attached hydrogens (tertiary/aromatic N) is 3. The predicted octanol–water partition coefficient (Wildman–Crippen LogP) is 6.51. The summed E-state index contributed by atoms with van der Waals surface area (Å²) < 4.78 is 11.1. The summed E-state index contributed by atoms with van der Waals surface area (Å²) in [5.41, 5.74) is 1.97. The molecule has 10 heteroatoms. The van der Waals surface area contributed by atoms with Crippen LogP contribution in [0.25, 0.3) is 0 Å². The third-order valence-corrected chi connectivity index (χ3v) is 8.84. The molecule has 1 aromatic carbocycles. The maximum Gasteiger partial charge on any atom is 0.277 e. The minimum Gasteiger partial charge on any atom is -0.484 e. The lowest BCUT2D eigenvalue weighted by molar-refractivity contribution is -0.113. The molecule has 184 valence electrons. The first-order valence-corrected chi connectivity index (χ1v) is 13.6. The van der Waals surface area contributed by atoms with Gasteiger partial charge in [-0.25, -0.2) is 0 Å². The van der Waals surface area contributed by atoms with E-state index >= 15 is 0 Å². The van der Waals surface area contributed by atoms with Crippen LogP contribution in [-0.2, 0) is 24.2 Å². The second-order valence-corrected chi connectivity index (χ2v) is 11.6. The maximum atomic E-state index is 12.6. The van der Waals surface area contributed by atoms with E-state index in [2.05, 4.69) is 42.4 Å². The smallest absolute Gasteiger partial charge is 0.277 e. The van der Waals surface area contributed by atoms with Gasteiger partial charge in [-0.3, -0.25) is 4.79 Å². The van der Waals surface area contributed by atoms with Crippen LogP contribution < -0.4 is 10.1 Å². The van der Waals surface area contributed by atoms with Crippen molar-refractivity contribution < 1.29 is 13.9 Å². The average Bonchev–Trinajstić information content (AvgIpc) is 3.45. The van der Waals surface area contributed by atoms with Crippen LogP contribution >= 0.6 is 34.7 Å². The molecule has 0 radical (unpaired) electrons. The van der Waals surface area contributed by atoms with Gasteiger partial charge >= 0.3 is 0 Å². The van der Waals surface area contributed by atoms with Crippen molar-refractivity contribution in [2.75, 3.05) is 11.1 Å². The standard InChI is InChI=1S/C25H27ClN4O3S2/c1-4-25(2,3)15-5-10-18-19(12-27)23(35-20(18)11-15)28-21(31)14-34-24-30-29-22(33-24)13-32-17-8-6-16(26)7-9-17/h6-9,15H,4-5,10-11,13-14H2,1-3H3,(H,28,31)/t15-/m0/s1. The zero-order valence-electron chi connectivity index (χ0n) is 19.9. The molecule has 1 aliphatic carbocycles. The Labute approximate surface area is 218 Å². The lowest BCUT2D eigenvalue weighted by Gasteiger charge is -2.36. The summed E-state index contributed by atoms with van der Waals surface area (Å²) in [5, 5.41) is 22.1. The number of halogens is 1. The highest BCUT2D eigenvalue weighted by molar-refractivity contribution is 7.99. The number of thiophene rings is 1. The monoisotopic (exact) mass is 530 g/mol. The number of hydrogen-bond donors (Lipinski definition) is 1. The molecule has 1 aliphatic rings. The quantitative estimate of drug-likeness (QED) is 0.315. The number of fused-ring (bicyclic) bond motifs is 1. The van der Waals surface area contributed by atoms with Crippen molar-refractivity contribution in [2.45, 2.75) is 58.3 Å². The molecule has 2 heterocycles. The fourth-order valence-corrected chi connectivity index (χ4v) is 6.07. The molecule has 0 bridgehead atoms. The number of amides is 1. The van der Waals surface area contributed by atoms with Crippen molar-refractivity contribution in [2.24, 2.45) is 11.3 Å². The number of ether oxygens (including phenoxy) is 1. The number of thioether (sulfide) groups is 1. The van der Waals surface area contributed by atoms with Gasteiger partial charge in [0, 0.05) is 9.90 Å². The van der Waals surface area contributed by atoms with E-state index in [4.69, 9.17) is 20.8 Å². The molecule has 1 atom stereocenters. The van der Waals surface area contributed by atoms with Gasteiger partial charge in [-0.1, -0.05) is 50.6 Å². The Hall–Kier alpha value is -2.54. The maximum absolute atomic E-state index is 12.6. The molecule has 2 aromatic heterocycles. The molecule has 35 heavy (non-hydrogen) atoms. The molecular weight excluding hydrogens is 504 g/mol. The van der Waals surface area contributed by atoms with Gasteiger partial charge in [-0.15, -0.1) is 21.5 Å². The highest BCUT2D eigenvalue weighted by Gasteiger charge is 2.34. The first-order valence-electron chi connectivity index (χ1n) is 11.5. The lowest BCUT2D eigenvalue weighted by atomic mass is 9.69. The average molecular weight is 531 g/mol. The molecule has 0 saturated heterocycles. The summed E-state index contributed by atoms with van der Waals surface area (Å²) in [6, 6.07) is 9.28. The van der Waals surface area contributed by atoms with Crippen LogP contribution in [0.1, 0.15) is 55.5 Å². The van der Waals surface area contributed by atoms with E-state index < -0.39 is 0 Å². The number of carbonyl (C=O) groups is 1. The minimum atomic E-state index is -0.215. The molecule has 0 fully saturated rings. The Morgan fingerprint density at radius 2 is 2.14 bits per heavy atom. The van der Waals surface area contributed by atoms with E-state index in [0.29, 0.717) is 33.1 Å². The molecular formula is C25H27ClN4O3S2. The van der Waals surface area contributed by atoms with E-state index in [-0.39, 0.29) is 28.9 Å². The van der Waals surface area contributed by atoms with Crippen molar-refractivity contribution in [1.29, 1.82) is 5.26 Å². The summed E-state index contributed by atoms with van der Waals surface area (Å²) >= 11 is 8.55. The second-order valence-electron chi connectivity index (χ2n) is 9.14. The summed E-state index contributed by atoms with van der Waals surface area (Å²) in [4.78, 5) is 13.8. The van der Waals surface area contributed by atoms with Crippen LogP contribution in [0.2, 0.25) is 5.02 Å². The van der Waals surface area contributed by atoms with Gasteiger partial charge in [-0.2, -0.15) is 5.26 Å². The topological polar surface area (TPSA) is 101 Å². The molecule has 1 N–H and O–H groups in total. The predicted molar refractivity (Wildman–Crippen MR) is 138 cm³/mol. The van der Waals surface area contributed by atoms with Gasteiger partial charge in [0.1, 0.15) is 16.8 Å². The molecule has 3 aromatic rings. The number of nitriles is 1. The molecule has 1 amide bonds. The number of aromatic nitrogens is 2. The zero-order chi connectivity index (χ0) is 25.0. The number of carbonyl (C=O) groups excluding carboxylic acids is 1. The number of anilines is 1. The Bertz CT molecular complexity index is 1230. The van der Waals surface area contributed by atoms with E-state index in [9.17, 15) is 10.1 Å². The first kappa shape index (κ1) is 25.5. The minimum absolute atomic E-state index is 0.0958. The fourth-order valence-electron chi connectivity index (χ4n) is 4.07. The summed E-state index contributed by atoms with van der Waals surface area (Å²) in [6.45, 7) is 6.97. The SMILES string of the molecule is CCC(C)(C)[C@H]1CCc2c(sc(NC(=O)CSc3nnc(COc4ccc(Cl)cc4)o3)c2C#N)C1. The second kappa shape index (κ2) is 11.0. The number of hydrogen-bond acceptors (Lipinski definition) is 8. The Kier molecular flexibility index (Phi) is 8.05. The molecule has 0 unspecified atom stereocenters. The Morgan fingerprint density at radius 1 is 1.37 bits per heavy atom. The molecule has 4 rings (SSSR count). The van der Waals surface area contributed by atoms with Crippen LogP contribution in [0, 0.1) is 22.7 Å². The number of rotatable bonds is 9. The van der Waals surface area contributed by atoms with E-state index in [1.165, 1.54) is 16.2 Å². The highest BCUT2D eigenvalue weighted by atomic mass is 35.5. The van der Waals surface area contributed by atoms with Gasteiger partial charge in [0.25, 0.3) is 11.1 Å². The summed E-state index contributed by atoms with van der Waals surface area (Å²) in [6.07, 6.45) is 4.04. The van der Waals surface area contributed by atoms with Gasteiger partial charge in [0.2, 0.25) is 5.91 Å². The summed E-state index contributed by atoms with van der Waals surface area (Å²) in [7, 11) is 0. The third-order valence-electron chi connectivity index (χ3n) is 6.60. The Morgan fingerprint density at radius 3 is 2.86 bits per heavy atom. The molecule has 0 saturated carbocycles.